The Morgan fingerprint density at radius 3 is 2.36 bits per heavy atom. The molecule has 6 nitrogen and oxygen atoms in total. The number of nitrogens with one attached hydrogen (secondary N) is 1. The van der Waals surface area contributed by atoms with E-state index in [2.05, 4.69) is 36.1 Å². The third-order valence-electron chi connectivity index (χ3n) is 3.63. The van der Waals surface area contributed by atoms with Crippen LogP contribution in [-0.4, -0.2) is 21.0 Å². The zero-order valence-corrected chi connectivity index (χ0v) is 14.7. The number of anilines is 1. The summed E-state index contributed by atoms with van der Waals surface area (Å²) in [6.07, 6.45) is 1.52. The van der Waals surface area contributed by atoms with Crippen LogP contribution >= 0.6 is 0 Å². The molecule has 1 heterocycles. The molecule has 0 aliphatic carbocycles. The van der Waals surface area contributed by atoms with Crippen molar-refractivity contribution >= 4 is 11.9 Å². The number of amides is 1. The summed E-state index contributed by atoms with van der Waals surface area (Å²) in [7, 11) is 0. The Kier molecular flexibility index (Phi) is 5.18. The summed E-state index contributed by atoms with van der Waals surface area (Å²) in [5.41, 5.74) is 2.43. The molecule has 0 fully saturated rings. The van der Waals surface area contributed by atoms with E-state index in [0.29, 0.717) is 5.69 Å². The van der Waals surface area contributed by atoms with Gasteiger partial charge >= 0.3 is 0 Å². The summed E-state index contributed by atoms with van der Waals surface area (Å²) in [4.78, 5) is 20.2. The number of nitrogens with zero attached hydrogens (tertiary/aromatic N) is 3. The summed E-state index contributed by atoms with van der Waals surface area (Å²) in [5, 5.41) is 20.7. The Morgan fingerprint density at radius 2 is 1.84 bits per heavy atom. The van der Waals surface area contributed by atoms with E-state index in [1.54, 1.807) is 12.1 Å². The van der Waals surface area contributed by atoms with E-state index >= 15 is 0 Å². The van der Waals surface area contributed by atoms with Crippen molar-refractivity contribution in [3.63, 3.8) is 0 Å². The van der Waals surface area contributed by atoms with Crippen molar-refractivity contribution in [2.75, 3.05) is 5.32 Å². The summed E-state index contributed by atoms with van der Waals surface area (Å²) in [5.74, 6) is -1.03. The number of carbonyl (C=O) groups excluding carboxylic acids is 1. The van der Waals surface area contributed by atoms with Crippen LogP contribution in [0, 0.1) is 11.3 Å². The number of benzene rings is 1. The maximum atomic E-state index is 12.0. The van der Waals surface area contributed by atoms with E-state index in [1.165, 1.54) is 18.7 Å². The standard InChI is InChI=1S/C19H20N4O2/c1-12(24)15(11-20)17(25)23-18-21-10-9-16(22-18)13-5-7-14(8-6-13)19(2,3)4/h5-10,24H,1-4H3,(H,21,22,23,25). The van der Waals surface area contributed by atoms with E-state index in [1.807, 2.05) is 24.3 Å². The minimum absolute atomic E-state index is 0.0610. The molecule has 0 aliphatic heterocycles. The van der Waals surface area contributed by atoms with Crippen LogP contribution in [0.5, 0.6) is 0 Å². The molecule has 2 aromatic rings. The van der Waals surface area contributed by atoms with Gasteiger partial charge in [-0.1, -0.05) is 45.0 Å². The molecular weight excluding hydrogens is 316 g/mol. The van der Waals surface area contributed by atoms with Crippen molar-refractivity contribution in [3.05, 3.63) is 53.4 Å². The van der Waals surface area contributed by atoms with Crippen molar-refractivity contribution in [2.45, 2.75) is 33.1 Å². The molecule has 6 heteroatoms. The largest absolute Gasteiger partial charge is 0.511 e. The number of allylic oxidation sites excluding steroid dienone is 1. The normalized spacial score (nSPS) is 12.1. The molecule has 2 rings (SSSR count). The van der Waals surface area contributed by atoms with Gasteiger partial charge in [0.05, 0.1) is 5.69 Å². The van der Waals surface area contributed by atoms with Gasteiger partial charge in [-0.15, -0.1) is 0 Å². The van der Waals surface area contributed by atoms with Crippen LogP contribution in [0.2, 0.25) is 0 Å². The van der Waals surface area contributed by atoms with Gasteiger partial charge in [-0.3, -0.25) is 10.1 Å². The van der Waals surface area contributed by atoms with E-state index < -0.39 is 5.91 Å². The quantitative estimate of drug-likeness (QED) is 0.505. The number of aliphatic hydroxyl groups excluding tert-OH is 1. The maximum Gasteiger partial charge on any atom is 0.272 e. The first kappa shape index (κ1) is 18.1. The second-order valence-electron chi connectivity index (χ2n) is 6.62. The zero-order valence-electron chi connectivity index (χ0n) is 14.7. The minimum atomic E-state index is -0.747. The molecule has 0 bridgehead atoms. The van der Waals surface area contributed by atoms with Gasteiger partial charge in [0.15, 0.2) is 5.57 Å². The predicted molar refractivity (Wildman–Crippen MR) is 95.7 cm³/mol. The topological polar surface area (TPSA) is 98.9 Å². The van der Waals surface area contributed by atoms with Crippen LogP contribution in [0.4, 0.5) is 5.95 Å². The van der Waals surface area contributed by atoms with Gasteiger partial charge in [0.2, 0.25) is 5.95 Å². The molecule has 0 aliphatic rings. The lowest BCUT2D eigenvalue weighted by molar-refractivity contribution is -0.112. The summed E-state index contributed by atoms with van der Waals surface area (Å²) >= 11 is 0. The highest BCUT2D eigenvalue weighted by Gasteiger charge is 2.15. The summed E-state index contributed by atoms with van der Waals surface area (Å²) in [6, 6.07) is 11.4. The molecule has 128 valence electrons. The molecule has 1 aromatic heterocycles. The van der Waals surface area contributed by atoms with Crippen LogP contribution < -0.4 is 5.32 Å². The SMILES string of the molecule is CC(O)=C(C#N)C(=O)Nc1nccc(-c2ccc(C(C)(C)C)cc2)n1. The molecule has 25 heavy (non-hydrogen) atoms. The molecule has 0 radical (unpaired) electrons. The minimum Gasteiger partial charge on any atom is -0.511 e. The number of aromatic nitrogens is 2. The summed E-state index contributed by atoms with van der Waals surface area (Å²) < 4.78 is 0. The van der Waals surface area contributed by atoms with Crippen LogP contribution in [0.3, 0.4) is 0 Å². The first-order chi connectivity index (χ1) is 11.7. The van der Waals surface area contributed by atoms with Gasteiger partial charge in [-0.25, -0.2) is 9.97 Å². The fraction of sp³-hybridized carbons (Fsp3) is 0.263. The van der Waals surface area contributed by atoms with Crippen LogP contribution in [-0.2, 0) is 10.2 Å². The zero-order chi connectivity index (χ0) is 18.6. The number of hydrogen-bond donors (Lipinski definition) is 2. The van der Waals surface area contributed by atoms with Crippen molar-refractivity contribution in [1.82, 2.24) is 9.97 Å². The third-order valence-corrected chi connectivity index (χ3v) is 3.63. The first-order valence-corrected chi connectivity index (χ1v) is 7.77. The van der Waals surface area contributed by atoms with Crippen LogP contribution in [0.25, 0.3) is 11.3 Å². The molecule has 1 aromatic carbocycles. The lowest BCUT2D eigenvalue weighted by Gasteiger charge is -2.19. The fourth-order valence-corrected chi connectivity index (χ4v) is 2.18. The molecule has 0 saturated carbocycles. The molecular formula is C19H20N4O2. The van der Waals surface area contributed by atoms with E-state index in [4.69, 9.17) is 5.26 Å². The van der Waals surface area contributed by atoms with Crippen LogP contribution in [0.1, 0.15) is 33.3 Å². The summed E-state index contributed by atoms with van der Waals surface area (Å²) in [6.45, 7) is 7.70. The van der Waals surface area contributed by atoms with Crippen molar-refractivity contribution in [1.29, 1.82) is 5.26 Å². The maximum absolute atomic E-state index is 12.0. The Balaban J connectivity index is 2.26. The monoisotopic (exact) mass is 336 g/mol. The second kappa shape index (κ2) is 7.14. The molecule has 0 spiro atoms. The van der Waals surface area contributed by atoms with Crippen molar-refractivity contribution in [2.24, 2.45) is 0 Å². The fourth-order valence-electron chi connectivity index (χ4n) is 2.18. The average Bonchev–Trinajstić information content (AvgIpc) is 2.54. The molecule has 1 amide bonds. The van der Waals surface area contributed by atoms with E-state index in [9.17, 15) is 9.90 Å². The van der Waals surface area contributed by atoms with Gasteiger partial charge in [-0.05, 0) is 24.0 Å². The average molecular weight is 336 g/mol. The number of aliphatic hydroxyl groups is 1. The smallest absolute Gasteiger partial charge is 0.272 e. The van der Waals surface area contributed by atoms with Gasteiger partial charge in [0, 0.05) is 11.8 Å². The van der Waals surface area contributed by atoms with Gasteiger partial charge < -0.3 is 5.11 Å². The van der Waals surface area contributed by atoms with Crippen molar-refractivity contribution < 1.29 is 9.90 Å². The van der Waals surface area contributed by atoms with Crippen LogP contribution in [0.15, 0.2) is 47.9 Å². The number of nitriles is 1. The van der Waals surface area contributed by atoms with Gasteiger partial charge in [0.25, 0.3) is 5.91 Å². The highest BCUT2D eigenvalue weighted by molar-refractivity contribution is 6.06. The Morgan fingerprint density at radius 1 is 1.20 bits per heavy atom. The van der Waals surface area contributed by atoms with E-state index in [0.717, 1.165) is 5.56 Å². The first-order valence-electron chi connectivity index (χ1n) is 7.77. The molecule has 2 N–H and O–H groups in total. The molecule has 0 atom stereocenters. The number of rotatable bonds is 3. The Hall–Kier alpha value is -3.20. The third kappa shape index (κ3) is 4.42. The predicted octanol–water partition coefficient (Wildman–Crippen LogP) is 3.74. The molecule has 0 saturated heterocycles. The highest BCUT2D eigenvalue weighted by atomic mass is 16.3. The van der Waals surface area contributed by atoms with Gasteiger partial charge in [0.1, 0.15) is 11.8 Å². The highest BCUT2D eigenvalue weighted by Crippen LogP contribution is 2.25. The number of carbonyl (C=O) groups is 1. The lowest BCUT2D eigenvalue weighted by atomic mass is 9.86. The van der Waals surface area contributed by atoms with E-state index in [-0.39, 0.29) is 22.7 Å². The lowest BCUT2D eigenvalue weighted by Crippen LogP contribution is -2.17. The van der Waals surface area contributed by atoms with Gasteiger partial charge in [-0.2, -0.15) is 5.26 Å². The molecule has 0 unspecified atom stereocenters. The van der Waals surface area contributed by atoms with Crippen molar-refractivity contribution in [3.8, 4) is 17.3 Å². The Labute approximate surface area is 146 Å². The Bertz CT molecular complexity index is 852. The second-order valence-corrected chi connectivity index (χ2v) is 6.62. The number of hydrogen-bond acceptors (Lipinski definition) is 5.